The Balaban J connectivity index is 2.45. The molecule has 0 amide bonds. The number of rotatable bonds is 5. The highest BCUT2D eigenvalue weighted by atomic mass is 35.7. The average molecular weight is 235 g/mol. The van der Waals surface area contributed by atoms with Crippen molar-refractivity contribution in [3.05, 3.63) is 35.9 Å². The zero-order chi connectivity index (χ0) is 10.4. The molecule has 0 aliphatic carbocycles. The van der Waals surface area contributed by atoms with Gasteiger partial charge in [0.2, 0.25) is 0 Å². The monoisotopic (exact) mass is 234 g/mol. The first-order chi connectivity index (χ1) is 6.64. The van der Waals surface area contributed by atoms with Gasteiger partial charge in [-0.1, -0.05) is 30.3 Å². The van der Waals surface area contributed by atoms with Gasteiger partial charge in [-0.15, -0.1) is 0 Å². The quantitative estimate of drug-likeness (QED) is 0.731. The highest BCUT2D eigenvalue weighted by Crippen LogP contribution is 2.53. The van der Waals surface area contributed by atoms with Gasteiger partial charge in [-0.2, -0.15) is 0 Å². The molecule has 0 N–H and O–H groups in total. The Morgan fingerprint density at radius 3 is 2.50 bits per heavy atom. The van der Waals surface area contributed by atoms with Gasteiger partial charge in [-0.3, -0.25) is 9.05 Å². The summed E-state index contributed by atoms with van der Waals surface area (Å²) in [7, 11) is 0. The fraction of sp³-hybridized carbons (Fsp3) is 0.333. The zero-order valence-electron chi connectivity index (χ0n) is 7.85. The zero-order valence-corrected chi connectivity index (χ0v) is 9.50. The van der Waals surface area contributed by atoms with Crippen LogP contribution >= 0.6 is 18.2 Å². The Hall–Kier alpha value is -0.340. The summed E-state index contributed by atoms with van der Waals surface area (Å²) in [5, 5.41) is 0. The molecule has 0 saturated carbocycles. The third kappa shape index (κ3) is 4.25. The van der Waals surface area contributed by atoms with E-state index >= 15 is 0 Å². The molecular formula is C9H12ClO3P. The highest BCUT2D eigenvalue weighted by molar-refractivity contribution is 7.81. The second-order valence-corrected chi connectivity index (χ2v) is 5.23. The van der Waals surface area contributed by atoms with E-state index in [1.165, 1.54) is 0 Å². The predicted molar refractivity (Wildman–Crippen MR) is 56.3 cm³/mol. The smallest absolute Gasteiger partial charge is 0.297 e. The van der Waals surface area contributed by atoms with E-state index in [2.05, 4.69) is 0 Å². The van der Waals surface area contributed by atoms with Crippen molar-refractivity contribution in [1.29, 1.82) is 0 Å². The molecular weight excluding hydrogens is 223 g/mol. The fourth-order valence-corrected chi connectivity index (χ4v) is 2.04. The van der Waals surface area contributed by atoms with Gasteiger partial charge in [-0.05, 0) is 12.5 Å². The number of halogens is 1. The molecule has 0 heterocycles. The molecule has 0 unspecified atom stereocenters. The molecule has 0 bridgehead atoms. The van der Waals surface area contributed by atoms with Crippen LogP contribution in [-0.2, 0) is 20.2 Å². The molecule has 0 aromatic heterocycles. The minimum absolute atomic E-state index is 0.196. The Kier molecular flexibility index (Phi) is 4.63. The van der Waals surface area contributed by atoms with Gasteiger partial charge in [0.05, 0.1) is 13.2 Å². The van der Waals surface area contributed by atoms with Crippen molar-refractivity contribution in [2.45, 2.75) is 13.5 Å². The molecule has 3 nitrogen and oxygen atoms in total. The summed E-state index contributed by atoms with van der Waals surface area (Å²) in [6.45, 7) is -1.21. The summed E-state index contributed by atoms with van der Waals surface area (Å²) < 4.78 is 21.0. The van der Waals surface area contributed by atoms with E-state index in [-0.39, 0.29) is 13.2 Å². The van der Waals surface area contributed by atoms with Crippen LogP contribution in [-0.4, -0.2) is 6.61 Å². The van der Waals surface area contributed by atoms with Gasteiger partial charge in [0.1, 0.15) is 0 Å². The van der Waals surface area contributed by atoms with Crippen molar-refractivity contribution in [3.8, 4) is 0 Å². The van der Waals surface area contributed by atoms with Gasteiger partial charge < -0.3 is 0 Å². The van der Waals surface area contributed by atoms with Crippen LogP contribution in [0.3, 0.4) is 0 Å². The minimum atomic E-state index is -3.39. The normalized spacial score (nSPS) is 15.0. The van der Waals surface area contributed by atoms with E-state index in [0.717, 1.165) is 5.56 Å². The molecule has 14 heavy (non-hydrogen) atoms. The molecule has 5 heteroatoms. The van der Waals surface area contributed by atoms with Crippen LogP contribution in [0.4, 0.5) is 0 Å². The Morgan fingerprint density at radius 1 is 1.29 bits per heavy atom. The lowest BCUT2D eigenvalue weighted by Gasteiger charge is -2.09. The van der Waals surface area contributed by atoms with Crippen LogP contribution in [0.15, 0.2) is 30.3 Å². The molecule has 0 aliphatic heterocycles. The van der Waals surface area contributed by atoms with Crippen molar-refractivity contribution in [2.75, 3.05) is 6.61 Å². The third-order valence-corrected chi connectivity index (χ3v) is 3.10. The summed E-state index contributed by atoms with van der Waals surface area (Å²) in [6.07, 6.45) is 0. The molecule has 0 fully saturated rings. The molecule has 0 aliphatic rings. The van der Waals surface area contributed by atoms with Crippen molar-refractivity contribution >= 4 is 18.2 Å². The number of benzene rings is 1. The third-order valence-electron chi connectivity index (χ3n) is 1.51. The molecule has 0 saturated heterocycles. The topological polar surface area (TPSA) is 35.5 Å². The van der Waals surface area contributed by atoms with Crippen molar-refractivity contribution in [2.24, 2.45) is 0 Å². The van der Waals surface area contributed by atoms with Crippen LogP contribution < -0.4 is 0 Å². The average Bonchev–Trinajstić information content (AvgIpc) is 2.17. The number of hydrogen-bond donors (Lipinski definition) is 0. The maximum absolute atomic E-state index is 11.3. The highest BCUT2D eigenvalue weighted by Gasteiger charge is 2.19. The van der Waals surface area contributed by atoms with Crippen LogP contribution in [0.2, 0.25) is 0 Å². The van der Waals surface area contributed by atoms with Crippen LogP contribution in [0.1, 0.15) is 12.5 Å². The first kappa shape index (κ1) is 11.7. The van der Waals surface area contributed by atoms with Gasteiger partial charge >= 0.3 is 6.95 Å². The lowest BCUT2D eigenvalue weighted by Crippen LogP contribution is -1.91. The van der Waals surface area contributed by atoms with E-state index < -0.39 is 6.95 Å². The first-order valence-electron chi connectivity index (χ1n) is 4.27. The Bertz CT molecular complexity index is 315. The molecule has 0 radical (unpaired) electrons. The second kappa shape index (κ2) is 5.52. The van der Waals surface area contributed by atoms with E-state index in [1.54, 1.807) is 6.92 Å². The van der Waals surface area contributed by atoms with Gasteiger partial charge in [0.25, 0.3) is 0 Å². The van der Waals surface area contributed by atoms with Crippen LogP contribution in [0.5, 0.6) is 0 Å². The summed E-state index contributed by atoms with van der Waals surface area (Å²) >= 11 is 5.50. The van der Waals surface area contributed by atoms with Crippen molar-refractivity contribution < 1.29 is 13.6 Å². The predicted octanol–water partition coefficient (Wildman–Crippen LogP) is 3.59. The largest absolute Gasteiger partial charge is 0.424 e. The molecule has 1 atom stereocenters. The summed E-state index contributed by atoms with van der Waals surface area (Å²) in [5.41, 5.74) is 0.910. The summed E-state index contributed by atoms with van der Waals surface area (Å²) in [5.74, 6) is 0. The molecule has 1 rings (SSSR count). The molecule has 1 aromatic rings. The van der Waals surface area contributed by atoms with Crippen LogP contribution in [0.25, 0.3) is 0 Å². The van der Waals surface area contributed by atoms with Crippen molar-refractivity contribution in [1.82, 2.24) is 0 Å². The van der Waals surface area contributed by atoms with E-state index in [9.17, 15) is 4.57 Å². The second-order valence-electron chi connectivity index (χ2n) is 2.61. The Morgan fingerprint density at radius 2 is 1.93 bits per heavy atom. The Labute approximate surface area is 88.3 Å². The van der Waals surface area contributed by atoms with E-state index in [1.807, 2.05) is 30.3 Å². The van der Waals surface area contributed by atoms with Gasteiger partial charge in [0, 0.05) is 11.2 Å². The maximum Gasteiger partial charge on any atom is 0.424 e. The van der Waals surface area contributed by atoms with E-state index in [0.29, 0.717) is 0 Å². The van der Waals surface area contributed by atoms with E-state index in [4.69, 9.17) is 20.3 Å². The fourth-order valence-electron chi connectivity index (χ4n) is 0.917. The first-order valence-corrected chi connectivity index (χ1v) is 6.71. The molecule has 78 valence electrons. The SMILES string of the molecule is CCO[P@@](=O)(Cl)OCc1ccccc1. The molecule has 0 spiro atoms. The van der Waals surface area contributed by atoms with Crippen molar-refractivity contribution in [3.63, 3.8) is 0 Å². The standard InChI is InChI=1S/C9H12ClO3P/c1-2-12-14(10,11)13-8-9-6-4-3-5-7-9/h3-7H,2,8H2,1H3/t14-/m0/s1. The van der Waals surface area contributed by atoms with Gasteiger partial charge in [0.15, 0.2) is 0 Å². The maximum atomic E-state index is 11.3. The molecule has 1 aromatic carbocycles. The van der Waals surface area contributed by atoms with Gasteiger partial charge in [-0.25, -0.2) is 4.57 Å². The lowest BCUT2D eigenvalue weighted by atomic mass is 10.2. The minimum Gasteiger partial charge on any atom is -0.297 e. The van der Waals surface area contributed by atoms with Crippen LogP contribution in [0, 0.1) is 0 Å². The summed E-state index contributed by atoms with van der Waals surface area (Å²) in [4.78, 5) is 0. The summed E-state index contributed by atoms with van der Waals surface area (Å²) in [6, 6.07) is 9.37. The number of hydrogen-bond acceptors (Lipinski definition) is 3. The lowest BCUT2D eigenvalue weighted by molar-refractivity contribution is 0.219.